The Kier molecular flexibility index (Phi) is 10.3. The average Bonchev–Trinajstić information content (AvgIpc) is 2.96. The van der Waals surface area contributed by atoms with Crippen molar-refractivity contribution in [3.05, 3.63) is 94.0 Å². The lowest BCUT2D eigenvalue weighted by atomic mass is 9.95. The molecule has 0 aliphatic heterocycles. The lowest BCUT2D eigenvalue weighted by Gasteiger charge is -2.33. The number of rotatable bonds is 10. The molecule has 218 valence electrons. The normalized spacial score (nSPS) is 14.7. The summed E-state index contributed by atoms with van der Waals surface area (Å²) in [5, 5.41) is 3.13. The molecule has 1 N–H and O–H groups in total. The second-order valence-corrected chi connectivity index (χ2v) is 13.6. The lowest BCUT2D eigenvalue weighted by Crippen LogP contribution is -2.53. The first-order valence-corrected chi connectivity index (χ1v) is 16.3. The predicted molar refractivity (Wildman–Crippen MR) is 166 cm³/mol. The standard InChI is InChI=1S/C32H38BrN3O4S/c1-23-17-18-24(2)30(19-23)36(41(39,40)29-15-8-5-9-16-29)22-31(37)35(21-26-11-10-12-27(33)20-26)25(3)32(38)34-28-13-6-4-7-14-28/h5,8-12,15-20,25,28H,4,6-7,13-14,21-22H2,1-3H3,(H,34,38). The molecule has 0 saturated heterocycles. The van der Waals surface area contributed by atoms with Gasteiger partial charge < -0.3 is 10.2 Å². The maximum absolute atomic E-state index is 14.2. The molecule has 9 heteroatoms. The highest BCUT2D eigenvalue weighted by Gasteiger charge is 2.33. The van der Waals surface area contributed by atoms with Crippen molar-refractivity contribution < 1.29 is 18.0 Å². The summed E-state index contributed by atoms with van der Waals surface area (Å²) in [7, 11) is -4.09. The highest BCUT2D eigenvalue weighted by molar-refractivity contribution is 9.10. The fraction of sp³-hybridized carbons (Fsp3) is 0.375. The molecule has 41 heavy (non-hydrogen) atoms. The Hall–Kier alpha value is -3.17. The highest BCUT2D eigenvalue weighted by Crippen LogP contribution is 2.29. The molecule has 1 unspecified atom stereocenters. The van der Waals surface area contributed by atoms with Gasteiger partial charge in [0, 0.05) is 17.1 Å². The Bertz CT molecular complexity index is 1470. The molecule has 4 rings (SSSR count). The first-order valence-electron chi connectivity index (χ1n) is 14.1. The zero-order valence-electron chi connectivity index (χ0n) is 23.8. The number of hydrogen-bond donors (Lipinski definition) is 1. The van der Waals surface area contributed by atoms with E-state index in [-0.39, 0.29) is 23.4 Å². The van der Waals surface area contributed by atoms with Gasteiger partial charge in [0.05, 0.1) is 10.6 Å². The SMILES string of the molecule is Cc1ccc(C)c(N(CC(=O)N(Cc2cccc(Br)c2)C(C)C(=O)NC2CCCCC2)S(=O)(=O)c2ccccc2)c1. The molecule has 0 aromatic heterocycles. The number of nitrogens with zero attached hydrogens (tertiary/aromatic N) is 2. The molecule has 7 nitrogen and oxygen atoms in total. The van der Waals surface area contributed by atoms with Crippen molar-refractivity contribution in [3.63, 3.8) is 0 Å². The van der Waals surface area contributed by atoms with Crippen LogP contribution in [0.25, 0.3) is 0 Å². The van der Waals surface area contributed by atoms with Gasteiger partial charge in [0.2, 0.25) is 11.8 Å². The molecule has 1 fully saturated rings. The van der Waals surface area contributed by atoms with Gasteiger partial charge in [-0.25, -0.2) is 8.42 Å². The maximum Gasteiger partial charge on any atom is 0.264 e. The summed E-state index contributed by atoms with van der Waals surface area (Å²) in [6.45, 7) is 5.13. The number of amides is 2. The third-order valence-corrected chi connectivity index (χ3v) is 9.87. The van der Waals surface area contributed by atoms with Crippen molar-refractivity contribution in [2.45, 2.75) is 76.4 Å². The van der Waals surface area contributed by atoms with Crippen molar-refractivity contribution in [2.75, 3.05) is 10.8 Å². The largest absolute Gasteiger partial charge is 0.352 e. The Morgan fingerprint density at radius 1 is 0.951 bits per heavy atom. The number of carbonyl (C=O) groups is 2. The van der Waals surface area contributed by atoms with E-state index in [9.17, 15) is 18.0 Å². The third-order valence-electron chi connectivity index (χ3n) is 7.60. The number of aryl methyl sites for hydroxylation is 2. The summed E-state index contributed by atoms with van der Waals surface area (Å²) in [5.41, 5.74) is 2.86. The number of carbonyl (C=O) groups excluding carboxylic acids is 2. The minimum atomic E-state index is -4.09. The molecule has 3 aromatic carbocycles. The van der Waals surface area contributed by atoms with E-state index in [1.165, 1.54) is 27.8 Å². The van der Waals surface area contributed by atoms with Gasteiger partial charge in [-0.15, -0.1) is 0 Å². The van der Waals surface area contributed by atoms with Gasteiger partial charge in [0.15, 0.2) is 0 Å². The molecule has 1 saturated carbocycles. The van der Waals surface area contributed by atoms with E-state index in [2.05, 4.69) is 21.2 Å². The summed E-state index contributed by atoms with van der Waals surface area (Å²) >= 11 is 3.49. The maximum atomic E-state index is 14.2. The smallest absolute Gasteiger partial charge is 0.264 e. The Labute approximate surface area is 252 Å². The summed E-state index contributed by atoms with van der Waals surface area (Å²) < 4.78 is 30.0. The molecule has 0 bridgehead atoms. The van der Waals surface area contributed by atoms with Gasteiger partial charge in [0.1, 0.15) is 12.6 Å². The van der Waals surface area contributed by atoms with E-state index in [1.54, 1.807) is 31.2 Å². The number of halogens is 1. The molecule has 3 aromatic rings. The van der Waals surface area contributed by atoms with E-state index in [0.717, 1.165) is 46.8 Å². The van der Waals surface area contributed by atoms with Gasteiger partial charge in [-0.2, -0.15) is 0 Å². The zero-order chi connectivity index (χ0) is 29.6. The number of benzene rings is 3. The van der Waals surface area contributed by atoms with E-state index >= 15 is 0 Å². The van der Waals surface area contributed by atoms with Crippen LogP contribution < -0.4 is 9.62 Å². The number of nitrogens with one attached hydrogen (secondary N) is 1. The lowest BCUT2D eigenvalue weighted by molar-refractivity contribution is -0.139. The molecule has 0 spiro atoms. The number of anilines is 1. The summed E-state index contributed by atoms with van der Waals surface area (Å²) in [5.74, 6) is -0.693. The monoisotopic (exact) mass is 639 g/mol. The van der Waals surface area contributed by atoms with Crippen molar-refractivity contribution >= 4 is 43.5 Å². The van der Waals surface area contributed by atoms with Crippen LogP contribution in [0.4, 0.5) is 5.69 Å². The van der Waals surface area contributed by atoms with Crippen molar-refractivity contribution in [3.8, 4) is 0 Å². The fourth-order valence-corrected chi connectivity index (χ4v) is 7.14. The second-order valence-electron chi connectivity index (χ2n) is 10.8. The second kappa shape index (κ2) is 13.7. The van der Waals surface area contributed by atoms with E-state index in [4.69, 9.17) is 0 Å². The molecular weight excluding hydrogens is 602 g/mol. The quantitative estimate of drug-likeness (QED) is 0.289. The van der Waals surface area contributed by atoms with Gasteiger partial charge in [-0.3, -0.25) is 13.9 Å². The third kappa shape index (κ3) is 7.77. The van der Waals surface area contributed by atoms with Gasteiger partial charge >= 0.3 is 0 Å². The Balaban J connectivity index is 1.70. The van der Waals surface area contributed by atoms with Gasteiger partial charge in [-0.05, 0) is 80.6 Å². The van der Waals surface area contributed by atoms with Crippen molar-refractivity contribution in [2.24, 2.45) is 0 Å². The van der Waals surface area contributed by atoms with Crippen molar-refractivity contribution in [1.29, 1.82) is 0 Å². The minimum Gasteiger partial charge on any atom is -0.352 e. The first kappa shape index (κ1) is 30.8. The van der Waals surface area contributed by atoms with Crippen LogP contribution in [0.1, 0.15) is 55.7 Å². The Morgan fingerprint density at radius 3 is 2.34 bits per heavy atom. The predicted octanol–water partition coefficient (Wildman–Crippen LogP) is 6.13. The average molecular weight is 641 g/mol. The van der Waals surface area contributed by atoms with Crippen molar-refractivity contribution in [1.82, 2.24) is 10.2 Å². The molecule has 0 heterocycles. The molecule has 1 atom stereocenters. The van der Waals surface area contributed by atoms with Crippen LogP contribution >= 0.6 is 15.9 Å². The summed E-state index contributed by atoms with van der Waals surface area (Å²) in [6, 6.07) is 20.5. The molecule has 2 amide bonds. The van der Waals surface area contributed by atoms with Crippen LogP contribution in [0, 0.1) is 13.8 Å². The van der Waals surface area contributed by atoms with Gasteiger partial charge in [0.25, 0.3) is 10.0 Å². The van der Waals surface area contributed by atoms with Crippen LogP contribution in [-0.2, 0) is 26.2 Å². The van der Waals surface area contributed by atoms with E-state index in [0.29, 0.717) is 5.69 Å². The number of sulfonamides is 1. The van der Waals surface area contributed by atoms with Gasteiger partial charge in [-0.1, -0.05) is 77.7 Å². The first-order chi connectivity index (χ1) is 19.6. The topological polar surface area (TPSA) is 86.8 Å². The molecule has 1 aliphatic rings. The zero-order valence-corrected chi connectivity index (χ0v) is 26.2. The van der Waals surface area contributed by atoms with E-state index < -0.39 is 28.5 Å². The van der Waals surface area contributed by atoms with E-state index in [1.807, 2.05) is 50.2 Å². The molecular formula is C32H38BrN3O4S. The summed E-state index contributed by atoms with van der Waals surface area (Å²) in [6.07, 6.45) is 5.16. The molecule has 0 radical (unpaired) electrons. The van der Waals surface area contributed by atoms with Crippen LogP contribution in [0.5, 0.6) is 0 Å². The van der Waals surface area contributed by atoms with Crippen LogP contribution in [0.15, 0.2) is 82.2 Å². The Morgan fingerprint density at radius 2 is 1.66 bits per heavy atom. The fourth-order valence-electron chi connectivity index (χ4n) is 5.20. The minimum absolute atomic E-state index is 0.0893. The van der Waals surface area contributed by atoms with Crippen LogP contribution in [0.3, 0.4) is 0 Å². The summed E-state index contributed by atoms with van der Waals surface area (Å²) in [4.78, 5) is 29.2. The number of hydrogen-bond acceptors (Lipinski definition) is 4. The highest BCUT2D eigenvalue weighted by atomic mass is 79.9. The van der Waals surface area contributed by atoms with Crippen LogP contribution in [-0.4, -0.2) is 43.8 Å². The van der Waals surface area contributed by atoms with Crippen LogP contribution in [0.2, 0.25) is 0 Å². The molecule has 1 aliphatic carbocycles.